The molecule has 0 fully saturated rings. The largest absolute Gasteiger partial charge is 0.449 e. The summed E-state index contributed by atoms with van der Waals surface area (Å²) in [5, 5.41) is 6.90. The van der Waals surface area contributed by atoms with Crippen LogP contribution < -0.4 is 10.0 Å². The lowest BCUT2D eigenvalue weighted by Gasteiger charge is -2.15. The molecule has 1 aromatic carbocycles. The lowest BCUT2D eigenvalue weighted by Crippen LogP contribution is -2.30. The molecule has 146 valence electrons. The van der Waals surface area contributed by atoms with Gasteiger partial charge in [-0.05, 0) is 32.9 Å². The molecule has 0 saturated carbocycles. The quantitative estimate of drug-likeness (QED) is 0.718. The Morgan fingerprint density at radius 3 is 2.41 bits per heavy atom. The Bertz CT molecular complexity index is 981. The van der Waals surface area contributed by atoms with E-state index in [0.717, 1.165) is 11.9 Å². The molecule has 0 radical (unpaired) electrons. The van der Waals surface area contributed by atoms with Crippen molar-refractivity contribution in [3.8, 4) is 0 Å². The average Bonchev–Trinajstić information content (AvgIpc) is 2.80. The molecule has 0 aliphatic rings. The molecule has 2 aromatic rings. The molecular weight excluding hydrogens is 372 g/mol. The molecule has 0 spiro atoms. The van der Waals surface area contributed by atoms with E-state index in [-0.39, 0.29) is 11.3 Å². The smallest absolute Gasteiger partial charge is 0.341 e. The highest BCUT2D eigenvalue weighted by Crippen LogP contribution is 2.20. The van der Waals surface area contributed by atoms with Crippen molar-refractivity contribution in [3.63, 3.8) is 0 Å². The van der Waals surface area contributed by atoms with Crippen molar-refractivity contribution in [2.45, 2.75) is 26.9 Å². The minimum Gasteiger partial charge on any atom is -0.449 e. The molecule has 1 amide bonds. The van der Waals surface area contributed by atoms with Gasteiger partial charge in [0.05, 0.1) is 34.6 Å². The second kappa shape index (κ2) is 7.78. The van der Waals surface area contributed by atoms with Crippen molar-refractivity contribution < 1.29 is 22.7 Å². The molecular formula is C17H22N4O5S. The molecule has 0 bridgehead atoms. The highest BCUT2D eigenvalue weighted by atomic mass is 32.2. The van der Waals surface area contributed by atoms with Crippen LogP contribution in [0.4, 0.5) is 11.4 Å². The second-order valence-corrected chi connectivity index (χ2v) is 7.87. The summed E-state index contributed by atoms with van der Waals surface area (Å²) in [5.41, 5.74) is 2.06. The normalized spacial score (nSPS) is 12.3. The van der Waals surface area contributed by atoms with Crippen molar-refractivity contribution in [2.24, 2.45) is 7.05 Å². The minimum atomic E-state index is -3.57. The van der Waals surface area contributed by atoms with E-state index in [1.54, 1.807) is 37.7 Å². The number of nitrogens with zero attached hydrogens (tertiary/aromatic N) is 2. The first-order valence-electron chi connectivity index (χ1n) is 8.08. The predicted octanol–water partition coefficient (Wildman–Crippen LogP) is 1.59. The number of amides is 1. The monoisotopic (exact) mass is 394 g/mol. The Hall–Kier alpha value is -2.88. The van der Waals surface area contributed by atoms with Gasteiger partial charge in [0.15, 0.2) is 6.10 Å². The number of hydrogen-bond donors (Lipinski definition) is 2. The van der Waals surface area contributed by atoms with Crippen molar-refractivity contribution in [3.05, 3.63) is 41.2 Å². The molecule has 0 aliphatic carbocycles. The van der Waals surface area contributed by atoms with E-state index >= 15 is 0 Å². The number of sulfonamides is 1. The Kier molecular flexibility index (Phi) is 5.89. The maximum Gasteiger partial charge on any atom is 0.341 e. The Morgan fingerprint density at radius 1 is 1.22 bits per heavy atom. The molecule has 0 saturated heterocycles. The molecule has 27 heavy (non-hydrogen) atoms. The van der Waals surface area contributed by atoms with Crippen LogP contribution in [0.25, 0.3) is 0 Å². The van der Waals surface area contributed by atoms with Gasteiger partial charge in [-0.3, -0.25) is 14.2 Å². The second-order valence-electron chi connectivity index (χ2n) is 6.13. The third-order valence-corrected chi connectivity index (χ3v) is 4.44. The number of carbonyl (C=O) groups excluding carboxylic acids is 2. The number of benzene rings is 1. The fourth-order valence-electron chi connectivity index (χ4n) is 2.41. The highest BCUT2D eigenvalue weighted by molar-refractivity contribution is 7.92. The SMILES string of the molecule is Cc1nn(C)c(C)c1NC(=O)[C@@H](C)OC(=O)c1ccccc1NS(C)(=O)=O. The summed E-state index contributed by atoms with van der Waals surface area (Å²) in [5.74, 6) is -1.33. The molecule has 10 heteroatoms. The highest BCUT2D eigenvalue weighted by Gasteiger charge is 2.23. The van der Waals surface area contributed by atoms with E-state index in [9.17, 15) is 18.0 Å². The summed E-state index contributed by atoms with van der Waals surface area (Å²) in [4.78, 5) is 24.8. The van der Waals surface area contributed by atoms with Gasteiger partial charge in [-0.2, -0.15) is 5.10 Å². The van der Waals surface area contributed by atoms with Gasteiger partial charge >= 0.3 is 5.97 Å². The number of carbonyl (C=O) groups is 2. The maximum absolute atomic E-state index is 12.4. The number of hydrogen-bond acceptors (Lipinski definition) is 6. The van der Waals surface area contributed by atoms with Gasteiger partial charge in [-0.15, -0.1) is 0 Å². The summed E-state index contributed by atoms with van der Waals surface area (Å²) in [6.07, 6.45) is -0.119. The Balaban J connectivity index is 2.13. The first kappa shape index (κ1) is 20.4. The molecule has 1 aromatic heterocycles. The molecule has 1 heterocycles. The molecule has 0 unspecified atom stereocenters. The lowest BCUT2D eigenvalue weighted by atomic mass is 10.2. The predicted molar refractivity (Wildman–Crippen MR) is 101 cm³/mol. The minimum absolute atomic E-state index is 0.0105. The van der Waals surface area contributed by atoms with Crippen LogP contribution in [0, 0.1) is 13.8 Å². The van der Waals surface area contributed by atoms with Crippen molar-refractivity contribution in [1.82, 2.24) is 9.78 Å². The number of rotatable bonds is 6. The molecule has 1 atom stereocenters. The summed E-state index contributed by atoms with van der Waals surface area (Å²) in [6, 6.07) is 5.99. The lowest BCUT2D eigenvalue weighted by molar-refractivity contribution is -0.123. The number of nitrogens with one attached hydrogen (secondary N) is 2. The first-order chi connectivity index (χ1) is 12.5. The van der Waals surface area contributed by atoms with Crippen LogP contribution in [0.5, 0.6) is 0 Å². The summed E-state index contributed by atoms with van der Waals surface area (Å²) < 4.78 is 32.0. The number of para-hydroxylation sites is 1. The van der Waals surface area contributed by atoms with Gasteiger partial charge in [0.1, 0.15) is 0 Å². The number of anilines is 2. The van der Waals surface area contributed by atoms with Crippen LogP contribution in [0.15, 0.2) is 24.3 Å². The molecule has 9 nitrogen and oxygen atoms in total. The summed E-state index contributed by atoms with van der Waals surface area (Å²) in [6.45, 7) is 4.99. The Morgan fingerprint density at radius 2 is 1.85 bits per heavy atom. The summed E-state index contributed by atoms with van der Waals surface area (Å²) >= 11 is 0. The molecule has 0 aliphatic heterocycles. The fourth-order valence-corrected chi connectivity index (χ4v) is 2.98. The van der Waals surface area contributed by atoms with Crippen LogP contribution >= 0.6 is 0 Å². The number of esters is 1. The third-order valence-electron chi connectivity index (χ3n) is 3.85. The maximum atomic E-state index is 12.4. The van der Waals surface area contributed by atoms with E-state index in [0.29, 0.717) is 11.4 Å². The average molecular weight is 394 g/mol. The Labute approximate surface area is 157 Å². The van der Waals surface area contributed by atoms with Crippen molar-refractivity contribution in [1.29, 1.82) is 0 Å². The summed E-state index contributed by atoms with van der Waals surface area (Å²) in [7, 11) is -1.82. The van der Waals surface area contributed by atoms with Crippen molar-refractivity contribution >= 4 is 33.3 Å². The van der Waals surface area contributed by atoms with E-state index in [1.165, 1.54) is 19.1 Å². The van der Waals surface area contributed by atoms with Crippen molar-refractivity contribution in [2.75, 3.05) is 16.3 Å². The van der Waals surface area contributed by atoms with Gasteiger partial charge in [-0.25, -0.2) is 13.2 Å². The van der Waals surface area contributed by atoms with Gasteiger partial charge in [0.2, 0.25) is 10.0 Å². The van der Waals surface area contributed by atoms with Gasteiger partial charge in [0.25, 0.3) is 5.91 Å². The number of aryl methyl sites for hydroxylation is 2. The third kappa shape index (κ3) is 5.07. The fraction of sp³-hybridized carbons (Fsp3) is 0.353. The van der Waals surface area contributed by atoms with Crippen LogP contribution in [0.3, 0.4) is 0 Å². The van der Waals surface area contributed by atoms with E-state index < -0.39 is 28.0 Å². The zero-order valence-electron chi connectivity index (χ0n) is 15.7. The zero-order valence-corrected chi connectivity index (χ0v) is 16.5. The number of ether oxygens (including phenoxy) is 1. The topological polar surface area (TPSA) is 119 Å². The van der Waals surface area contributed by atoms with E-state index in [1.807, 2.05) is 0 Å². The van der Waals surface area contributed by atoms with Crippen LogP contribution in [0.1, 0.15) is 28.7 Å². The molecule has 2 N–H and O–H groups in total. The number of aromatic nitrogens is 2. The molecule has 2 rings (SSSR count). The standard InChI is InChI=1S/C17H22N4O5S/c1-10-15(11(2)21(4)19-10)18-16(22)12(3)26-17(23)13-8-6-7-9-14(13)20-27(5,24)25/h6-9,12,20H,1-5H3,(H,18,22)/t12-/m1/s1. The van der Waals surface area contributed by atoms with Crippen LogP contribution in [-0.2, 0) is 26.6 Å². The first-order valence-corrected chi connectivity index (χ1v) is 9.97. The van der Waals surface area contributed by atoms with Crippen LogP contribution in [-0.4, -0.2) is 42.4 Å². The van der Waals surface area contributed by atoms with Gasteiger partial charge in [0, 0.05) is 7.05 Å². The van der Waals surface area contributed by atoms with E-state index in [4.69, 9.17) is 4.74 Å². The van der Waals surface area contributed by atoms with E-state index in [2.05, 4.69) is 15.1 Å². The van der Waals surface area contributed by atoms with Gasteiger partial charge < -0.3 is 10.1 Å². The van der Waals surface area contributed by atoms with Gasteiger partial charge in [-0.1, -0.05) is 12.1 Å². The van der Waals surface area contributed by atoms with Crippen LogP contribution in [0.2, 0.25) is 0 Å². The zero-order chi connectivity index (χ0) is 20.4.